The molecule has 18 heavy (non-hydrogen) atoms. The number of hydrogen-bond acceptors (Lipinski definition) is 3. The minimum Gasteiger partial charge on any atom is -0.316 e. The Morgan fingerprint density at radius 2 is 2.28 bits per heavy atom. The summed E-state index contributed by atoms with van der Waals surface area (Å²) in [4.78, 5) is 0. The fourth-order valence-electron chi connectivity index (χ4n) is 2.64. The van der Waals surface area contributed by atoms with E-state index in [0.717, 1.165) is 25.4 Å². The molecule has 0 bridgehead atoms. The third-order valence-corrected chi connectivity index (χ3v) is 4.74. The molecular formula is C15H20N2S. The highest BCUT2D eigenvalue weighted by molar-refractivity contribution is 7.17. The van der Waals surface area contributed by atoms with E-state index in [9.17, 15) is 0 Å². The van der Waals surface area contributed by atoms with E-state index in [2.05, 4.69) is 40.3 Å². The van der Waals surface area contributed by atoms with Gasteiger partial charge in [-0.25, -0.2) is 0 Å². The molecule has 0 spiro atoms. The van der Waals surface area contributed by atoms with Crippen molar-refractivity contribution in [2.75, 3.05) is 26.2 Å². The van der Waals surface area contributed by atoms with Gasteiger partial charge in [0.25, 0.3) is 0 Å². The second-order valence-electron chi connectivity index (χ2n) is 5.07. The van der Waals surface area contributed by atoms with E-state index in [4.69, 9.17) is 0 Å². The van der Waals surface area contributed by atoms with Gasteiger partial charge in [0, 0.05) is 4.70 Å². The smallest absolute Gasteiger partial charge is 0.0345 e. The topological polar surface area (TPSA) is 24.1 Å². The molecule has 2 N–H and O–H groups in total. The average Bonchev–Trinajstić information content (AvgIpc) is 3.04. The van der Waals surface area contributed by atoms with Gasteiger partial charge in [-0.1, -0.05) is 18.2 Å². The largest absolute Gasteiger partial charge is 0.316 e. The predicted molar refractivity (Wildman–Crippen MR) is 79.4 cm³/mol. The van der Waals surface area contributed by atoms with Crippen molar-refractivity contribution in [3.63, 3.8) is 0 Å². The molecule has 3 rings (SSSR count). The Balaban J connectivity index is 1.50. The van der Waals surface area contributed by atoms with Gasteiger partial charge in [0.15, 0.2) is 0 Å². The van der Waals surface area contributed by atoms with Crippen LogP contribution >= 0.6 is 11.3 Å². The van der Waals surface area contributed by atoms with Crippen LogP contribution in [-0.2, 0) is 6.42 Å². The van der Waals surface area contributed by atoms with Gasteiger partial charge in [-0.05, 0) is 67.3 Å². The lowest BCUT2D eigenvalue weighted by atomic mass is 10.1. The van der Waals surface area contributed by atoms with Crippen LogP contribution in [0.25, 0.3) is 10.1 Å². The van der Waals surface area contributed by atoms with Gasteiger partial charge in [0.05, 0.1) is 0 Å². The summed E-state index contributed by atoms with van der Waals surface area (Å²) in [5, 5.41) is 10.8. The zero-order valence-corrected chi connectivity index (χ0v) is 11.4. The first kappa shape index (κ1) is 12.2. The molecule has 1 unspecified atom stereocenters. The summed E-state index contributed by atoms with van der Waals surface area (Å²) in [6.45, 7) is 4.64. The number of rotatable bonds is 5. The molecule has 1 aliphatic rings. The molecule has 3 heteroatoms. The Kier molecular flexibility index (Phi) is 3.93. The second-order valence-corrected chi connectivity index (χ2v) is 5.98. The summed E-state index contributed by atoms with van der Waals surface area (Å²) < 4.78 is 1.41. The first-order chi connectivity index (χ1) is 8.93. The molecule has 1 aromatic carbocycles. The number of benzene rings is 1. The number of nitrogens with one attached hydrogen (secondary N) is 2. The van der Waals surface area contributed by atoms with Gasteiger partial charge < -0.3 is 10.6 Å². The Labute approximate surface area is 112 Å². The first-order valence-corrected chi connectivity index (χ1v) is 7.68. The zero-order valence-electron chi connectivity index (χ0n) is 10.6. The van der Waals surface area contributed by atoms with Crippen LogP contribution in [0.1, 0.15) is 12.0 Å². The Hall–Kier alpha value is -0.900. The maximum Gasteiger partial charge on any atom is 0.0345 e. The lowest BCUT2D eigenvalue weighted by molar-refractivity contribution is 0.515. The van der Waals surface area contributed by atoms with E-state index < -0.39 is 0 Å². The summed E-state index contributed by atoms with van der Waals surface area (Å²) in [7, 11) is 0. The van der Waals surface area contributed by atoms with Crippen molar-refractivity contribution in [1.29, 1.82) is 0 Å². The lowest BCUT2D eigenvalue weighted by Gasteiger charge is -2.09. The van der Waals surface area contributed by atoms with Gasteiger partial charge in [-0.2, -0.15) is 0 Å². The molecule has 2 nitrogen and oxygen atoms in total. The molecule has 1 aliphatic heterocycles. The highest BCUT2D eigenvalue weighted by Gasteiger charge is 2.13. The van der Waals surface area contributed by atoms with E-state index in [-0.39, 0.29) is 0 Å². The fraction of sp³-hybridized carbons (Fsp3) is 0.467. The van der Waals surface area contributed by atoms with Gasteiger partial charge >= 0.3 is 0 Å². The Morgan fingerprint density at radius 3 is 3.17 bits per heavy atom. The predicted octanol–water partition coefficient (Wildman–Crippen LogP) is 2.64. The molecule has 0 amide bonds. The molecule has 1 aromatic heterocycles. The minimum absolute atomic E-state index is 0.837. The van der Waals surface area contributed by atoms with Crippen molar-refractivity contribution >= 4 is 21.4 Å². The monoisotopic (exact) mass is 260 g/mol. The summed E-state index contributed by atoms with van der Waals surface area (Å²) in [6.07, 6.45) is 2.47. The van der Waals surface area contributed by atoms with E-state index >= 15 is 0 Å². The number of hydrogen-bond donors (Lipinski definition) is 2. The average molecular weight is 260 g/mol. The standard InChI is InChI=1S/C15H20N2S/c1-2-4-15-14(3-1)13(11-18-15)6-8-17-10-12-5-7-16-9-12/h1-4,11-12,16-17H,5-10H2. The maximum atomic E-state index is 3.59. The SMILES string of the molecule is c1ccc2c(CCNCC3CCNC3)csc2c1. The van der Waals surface area contributed by atoms with Gasteiger partial charge in [-0.3, -0.25) is 0 Å². The summed E-state index contributed by atoms with van der Waals surface area (Å²) >= 11 is 1.86. The molecular weight excluding hydrogens is 240 g/mol. The molecule has 2 heterocycles. The first-order valence-electron chi connectivity index (χ1n) is 6.80. The van der Waals surface area contributed by atoms with Gasteiger partial charge in [0.2, 0.25) is 0 Å². The quantitative estimate of drug-likeness (QED) is 0.808. The highest BCUT2D eigenvalue weighted by Crippen LogP contribution is 2.25. The van der Waals surface area contributed by atoms with Crippen LogP contribution in [0.2, 0.25) is 0 Å². The Bertz CT molecular complexity index is 500. The zero-order chi connectivity index (χ0) is 12.2. The van der Waals surface area contributed by atoms with Crippen LogP contribution in [0.3, 0.4) is 0 Å². The van der Waals surface area contributed by atoms with E-state index in [1.165, 1.54) is 35.2 Å². The molecule has 2 aromatic rings. The molecule has 1 saturated heterocycles. The second kappa shape index (κ2) is 5.83. The molecule has 1 atom stereocenters. The van der Waals surface area contributed by atoms with Crippen LogP contribution in [0.5, 0.6) is 0 Å². The summed E-state index contributed by atoms with van der Waals surface area (Å²) in [5.74, 6) is 0.837. The third kappa shape index (κ3) is 2.74. The highest BCUT2D eigenvalue weighted by atomic mass is 32.1. The molecule has 0 radical (unpaired) electrons. The number of thiophene rings is 1. The van der Waals surface area contributed by atoms with Crippen molar-refractivity contribution in [3.8, 4) is 0 Å². The van der Waals surface area contributed by atoms with Crippen molar-refractivity contribution < 1.29 is 0 Å². The van der Waals surface area contributed by atoms with Crippen molar-refractivity contribution in [2.24, 2.45) is 5.92 Å². The molecule has 1 fully saturated rings. The Morgan fingerprint density at radius 1 is 1.33 bits per heavy atom. The van der Waals surface area contributed by atoms with E-state index in [0.29, 0.717) is 0 Å². The minimum atomic E-state index is 0.837. The van der Waals surface area contributed by atoms with Crippen LogP contribution in [0, 0.1) is 5.92 Å². The number of fused-ring (bicyclic) bond motifs is 1. The van der Waals surface area contributed by atoms with Gasteiger partial charge in [0.1, 0.15) is 0 Å². The van der Waals surface area contributed by atoms with Gasteiger partial charge in [-0.15, -0.1) is 11.3 Å². The van der Waals surface area contributed by atoms with Crippen LogP contribution in [0.4, 0.5) is 0 Å². The van der Waals surface area contributed by atoms with E-state index in [1.54, 1.807) is 0 Å². The van der Waals surface area contributed by atoms with Crippen molar-refractivity contribution in [1.82, 2.24) is 10.6 Å². The molecule has 0 aliphatic carbocycles. The summed E-state index contributed by atoms with van der Waals surface area (Å²) in [5.41, 5.74) is 1.49. The van der Waals surface area contributed by atoms with Crippen LogP contribution < -0.4 is 10.6 Å². The molecule has 0 saturated carbocycles. The van der Waals surface area contributed by atoms with Crippen molar-refractivity contribution in [3.05, 3.63) is 35.2 Å². The summed E-state index contributed by atoms with van der Waals surface area (Å²) in [6, 6.07) is 8.70. The lowest BCUT2D eigenvalue weighted by Crippen LogP contribution is -2.26. The van der Waals surface area contributed by atoms with E-state index in [1.807, 2.05) is 11.3 Å². The van der Waals surface area contributed by atoms with Crippen LogP contribution in [-0.4, -0.2) is 26.2 Å². The fourth-order valence-corrected chi connectivity index (χ4v) is 3.64. The maximum absolute atomic E-state index is 3.59. The molecule has 96 valence electrons. The normalized spacial score (nSPS) is 19.7. The van der Waals surface area contributed by atoms with Crippen LogP contribution in [0.15, 0.2) is 29.6 Å². The van der Waals surface area contributed by atoms with Crippen molar-refractivity contribution in [2.45, 2.75) is 12.8 Å². The third-order valence-electron chi connectivity index (χ3n) is 3.73.